The second kappa shape index (κ2) is 7.34. The van der Waals surface area contributed by atoms with E-state index in [0.717, 1.165) is 6.92 Å². The van der Waals surface area contributed by atoms with Crippen molar-refractivity contribution in [2.45, 2.75) is 48.8 Å². The molecular formula is C9H5F15O3P+. The monoisotopic (exact) mass is 477 g/mol. The molecule has 0 N–H and O–H groups in total. The Bertz CT molecular complexity index is 582. The summed E-state index contributed by atoms with van der Waals surface area (Å²) in [5, 5.41) is 0. The normalized spacial score (nSPS) is 18.1. The van der Waals surface area contributed by atoms with E-state index in [9.17, 15) is 70.4 Å². The molecule has 0 spiro atoms. The Kier molecular flexibility index (Phi) is 7.07. The number of alkyl halides is 15. The number of hydrogen-bond donors (Lipinski definition) is 0. The van der Waals surface area contributed by atoms with Gasteiger partial charge in [0.05, 0.1) is 0 Å². The highest BCUT2D eigenvalue weighted by Gasteiger charge is 2.95. The predicted molar refractivity (Wildman–Crippen MR) is 56.1 cm³/mol. The SMILES string of the molecule is CCO[P+](=O)OC(F)(C(F)(F)F)C(F)(F)C(F)(F)C(F)(F)C(F)(F)C(F)(F)F. The quantitative estimate of drug-likeness (QED) is 0.317. The molecule has 0 fully saturated rings. The molecule has 0 radical (unpaired) electrons. The van der Waals surface area contributed by atoms with Crippen LogP contribution in [0.1, 0.15) is 6.92 Å². The van der Waals surface area contributed by atoms with Gasteiger partial charge in [0.25, 0.3) is 0 Å². The highest BCUT2D eigenvalue weighted by Crippen LogP contribution is 2.63. The third kappa shape index (κ3) is 3.86. The molecule has 0 aliphatic carbocycles. The highest BCUT2D eigenvalue weighted by atomic mass is 31.1. The summed E-state index contributed by atoms with van der Waals surface area (Å²) in [5.74, 6) is -40.4. The molecule has 2 unspecified atom stereocenters. The minimum atomic E-state index is -8.38. The van der Waals surface area contributed by atoms with Crippen LogP contribution in [0.5, 0.6) is 0 Å². The number of rotatable bonds is 8. The number of halogens is 15. The molecule has 0 aromatic rings. The summed E-state index contributed by atoms with van der Waals surface area (Å²) in [6, 6.07) is 0. The van der Waals surface area contributed by atoms with Gasteiger partial charge in [-0.3, -0.25) is 0 Å². The van der Waals surface area contributed by atoms with Gasteiger partial charge in [0.2, 0.25) is 0 Å². The lowest BCUT2D eigenvalue weighted by atomic mass is 9.93. The van der Waals surface area contributed by atoms with Gasteiger partial charge in [-0.2, -0.15) is 65.9 Å². The zero-order valence-electron chi connectivity index (χ0n) is 12.5. The molecule has 0 aromatic carbocycles. The molecular weight excluding hydrogens is 472 g/mol. The fourth-order valence-corrected chi connectivity index (χ4v) is 1.98. The van der Waals surface area contributed by atoms with Crippen molar-refractivity contribution >= 4 is 8.25 Å². The molecule has 3 nitrogen and oxygen atoms in total. The fraction of sp³-hybridized carbons (Fsp3) is 1.00. The van der Waals surface area contributed by atoms with E-state index in [1.807, 2.05) is 0 Å². The third-order valence-corrected chi connectivity index (χ3v) is 3.61. The first-order chi connectivity index (χ1) is 12.0. The molecule has 0 heterocycles. The van der Waals surface area contributed by atoms with Crippen molar-refractivity contribution in [2.24, 2.45) is 0 Å². The van der Waals surface area contributed by atoms with Crippen LogP contribution in [0.4, 0.5) is 65.9 Å². The molecule has 0 aliphatic rings. The van der Waals surface area contributed by atoms with Crippen LogP contribution in [-0.4, -0.2) is 48.5 Å². The predicted octanol–water partition coefficient (Wildman–Crippen LogP) is 6.03. The molecule has 0 saturated carbocycles. The fourth-order valence-electron chi connectivity index (χ4n) is 1.30. The minimum absolute atomic E-state index is 0.759. The molecule has 0 bridgehead atoms. The first-order valence-electron chi connectivity index (χ1n) is 6.08. The van der Waals surface area contributed by atoms with Gasteiger partial charge >= 0.3 is 50.2 Å². The Morgan fingerprint density at radius 2 is 0.964 bits per heavy atom. The van der Waals surface area contributed by atoms with Gasteiger partial charge < -0.3 is 0 Å². The van der Waals surface area contributed by atoms with E-state index in [0.29, 0.717) is 0 Å². The summed E-state index contributed by atoms with van der Waals surface area (Å²) < 4.78 is 208. The van der Waals surface area contributed by atoms with Gasteiger partial charge in [0.1, 0.15) is 6.61 Å². The van der Waals surface area contributed by atoms with E-state index >= 15 is 0 Å². The van der Waals surface area contributed by atoms with Gasteiger partial charge in [-0.05, 0) is 6.92 Å². The summed E-state index contributed by atoms with van der Waals surface area (Å²) >= 11 is 0. The van der Waals surface area contributed by atoms with Crippen LogP contribution in [0, 0.1) is 0 Å². The molecule has 19 heteroatoms. The molecule has 0 aliphatic heterocycles. The maximum Gasteiger partial charge on any atom is 0.701 e. The summed E-state index contributed by atoms with van der Waals surface area (Å²) in [4.78, 5) is 0. The van der Waals surface area contributed by atoms with Crippen LogP contribution < -0.4 is 0 Å². The van der Waals surface area contributed by atoms with Crippen molar-refractivity contribution < 1.29 is 79.5 Å². The molecule has 28 heavy (non-hydrogen) atoms. The van der Waals surface area contributed by atoms with E-state index in [4.69, 9.17) is 0 Å². The Hall–Kier alpha value is -1.03. The van der Waals surface area contributed by atoms with Gasteiger partial charge in [-0.25, -0.2) is 0 Å². The van der Waals surface area contributed by atoms with Gasteiger partial charge in [0.15, 0.2) is 0 Å². The van der Waals surface area contributed by atoms with Crippen molar-refractivity contribution in [1.82, 2.24) is 0 Å². The Morgan fingerprint density at radius 3 is 1.25 bits per heavy atom. The van der Waals surface area contributed by atoms with Gasteiger partial charge in [0, 0.05) is 4.57 Å². The highest BCUT2D eigenvalue weighted by molar-refractivity contribution is 7.33. The zero-order valence-corrected chi connectivity index (χ0v) is 13.4. The summed E-state index contributed by atoms with van der Waals surface area (Å²) in [5.41, 5.74) is 0. The van der Waals surface area contributed by atoms with E-state index in [1.54, 1.807) is 0 Å². The van der Waals surface area contributed by atoms with Crippen molar-refractivity contribution in [3.05, 3.63) is 0 Å². The van der Waals surface area contributed by atoms with E-state index in [-0.39, 0.29) is 0 Å². The number of hydrogen-bond acceptors (Lipinski definition) is 3. The topological polar surface area (TPSA) is 35.5 Å². The molecule has 0 amide bonds. The van der Waals surface area contributed by atoms with E-state index < -0.39 is 56.8 Å². The average molecular weight is 477 g/mol. The Balaban J connectivity index is 6.65. The van der Waals surface area contributed by atoms with Crippen LogP contribution in [0.2, 0.25) is 0 Å². The lowest BCUT2D eigenvalue weighted by Gasteiger charge is -2.40. The van der Waals surface area contributed by atoms with Gasteiger partial charge in [-0.1, -0.05) is 4.52 Å². The minimum Gasteiger partial charge on any atom is -0.192 e. The van der Waals surface area contributed by atoms with Crippen molar-refractivity contribution in [1.29, 1.82) is 0 Å². The standard InChI is InChI=1S/C9H5F15O3P/c1-2-26-28(25)27-7(18,9(22,23)24)5(14,15)3(10,11)4(12,13)6(16,17)8(19,20)21/h2H2,1H3/q+1. The summed E-state index contributed by atoms with van der Waals surface area (Å²) in [6.07, 6.45) is -15.2. The maximum atomic E-state index is 13.7. The second-order valence-corrected chi connectivity index (χ2v) is 5.51. The van der Waals surface area contributed by atoms with Crippen molar-refractivity contribution in [2.75, 3.05) is 6.61 Å². The lowest BCUT2D eigenvalue weighted by Crippen LogP contribution is -2.73. The zero-order chi connectivity index (χ0) is 23.2. The third-order valence-electron chi connectivity index (χ3n) is 2.74. The van der Waals surface area contributed by atoms with Crippen LogP contribution in [0.3, 0.4) is 0 Å². The molecule has 168 valence electrons. The van der Waals surface area contributed by atoms with Crippen molar-refractivity contribution in [3.8, 4) is 0 Å². The van der Waals surface area contributed by atoms with Crippen LogP contribution in [-0.2, 0) is 13.6 Å². The molecule has 2 atom stereocenters. The Morgan fingerprint density at radius 1 is 0.607 bits per heavy atom. The summed E-state index contributed by atoms with van der Waals surface area (Å²) in [6.45, 7) is -0.248. The van der Waals surface area contributed by atoms with Gasteiger partial charge in [-0.15, -0.1) is 4.52 Å². The first-order valence-corrected chi connectivity index (χ1v) is 7.18. The lowest BCUT2D eigenvalue weighted by molar-refractivity contribution is -0.467. The second-order valence-electron chi connectivity index (χ2n) is 4.62. The Labute approximate surface area is 144 Å². The smallest absolute Gasteiger partial charge is 0.192 e. The van der Waals surface area contributed by atoms with Crippen LogP contribution in [0.15, 0.2) is 0 Å². The largest absolute Gasteiger partial charge is 0.701 e. The van der Waals surface area contributed by atoms with Crippen molar-refractivity contribution in [3.63, 3.8) is 0 Å². The molecule has 0 rings (SSSR count). The average Bonchev–Trinajstić information content (AvgIpc) is 2.43. The maximum absolute atomic E-state index is 13.7. The van der Waals surface area contributed by atoms with E-state index in [2.05, 4.69) is 9.05 Å². The van der Waals surface area contributed by atoms with Crippen LogP contribution >= 0.6 is 8.25 Å². The molecule has 0 saturated heterocycles. The van der Waals surface area contributed by atoms with Crippen LogP contribution in [0.25, 0.3) is 0 Å². The first kappa shape index (κ1) is 27.0. The molecule has 0 aromatic heterocycles. The van der Waals surface area contributed by atoms with E-state index in [1.165, 1.54) is 0 Å². The summed E-state index contributed by atoms with van der Waals surface area (Å²) in [7, 11) is -4.74.